The topological polar surface area (TPSA) is 158 Å². The number of allylic oxidation sites excluding steroid dienone is 1. The van der Waals surface area contributed by atoms with Gasteiger partial charge in [-0.15, -0.1) is 0 Å². The van der Waals surface area contributed by atoms with Crippen molar-refractivity contribution in [3.63, 3.8) is 0 Å². The Balaban J connectivity index is 1.09. The van der Waals surface area contributed by atoms with Crippen LogP contribution in [0.1, 0.15) is 126 Å². The number of fused-ring (bicyclic) bond motifs is 3. The number of methoxy groups -OCH3 is 2. The maximum absolute atomic E-state index is 13.9. The minimum atomic E-state index is -0.710. The SMILES string of the molecule is COC(=O)N[C@H](C(=O)N1CCC[C@H]1C1=NC(c2ccc3c(c2)C(c2ccc(C(C)(C)C)cc2)c2cc(-c4cnc([C@@H]5CCCN5C(=O)[C@@H](NC(=O)OC)C(C)C)[nH]4)ccc2-3)=CC1)C(C)C. The Labute approximate surface area is 382 Å². The van der Waals surface area contributed by atoms with E-state index in [2.05, 4.69) is 103 Å². The summed E-state index contributed by atoms with van der Waals surface area (Å²) in [5.74, 6) is 0.203. The fraction of sp³-hybridized carbons (Fsp3) is 0.462. The summed E-state index contributed by atoms with van der Waals surface area (Å²) in [6, 6.07) is 20.5. The quantitative estimate of drug-likeness (QED) is 0.119. The number of carbonyl (C=O) groups excluding carboxylic acids is 4. The summed E-state index contributed by atoms with van der Waals surface area (Å²) in [5, 5.41) is 5.49. The second-order valence-electron chi connectivity index (χ2n) is 19.6. The first-order valence-corrected chi connectivity index (χ1v) is 23.1. The number of carbonyl (C=O) groups is 4. The zero-order valence-electron chi connectivity index (χ0n) is 39.2. The smallest absolute Gasteiger partial charge is 0.407 e. The molecule has 4 aliphatic rings. The Kier molecular flexibility index (Phi) is 12.8. The number of alkyl carbamates (subject to hydrolysis) is 2. The van der Waals surface area contributed by atoms with Crippen LogP contribution in [-0.4, -0.2) is 94.9 Å². The minimum Gasteiger partial charge on any atom is -0.453 e. The van der Waals surface area contributed by atoms with E-state index in [9.17, 15) is 19.2 Å². The Morgan fingerprint density at radius 1 is 0.738 bits per heavy atom. The van der Waals surface area contributed by atoms with Crippen molar-refractivity contribution in [1.82, 2.24) is 30.4 Å². The number of hydrogen-bond acceptors (Lipinski definition) is 8. The number of rotatable bonds is 11. The predicted octanol–water partition coefficient (Wildman–Crippen LogP) is 9.14. The zero-order valence-corrected chi connectivity index (χ0v) is 39.2. The Hall–Kier alpha value is -6.24. The standard InChI is InChI=1S/C52H63N7O6/c1-29(2)45(56-50(62)64-8)48(60)58-24-10-12-42(58)40-23-22-39(54-40)32-16-20-35-36-21-17-33(27-38(36)44(37(35)26-32)31-14-18-34(19-15-31)52(5,6)7)41-28-53-47(55-41)43-13-11-25-59(43)49(61)46(30(3)4)57-51(63)65-9/h14-22,26-30,42-46H,10-13,23-25H2,1-9H3,(H,53,55)(H,56,62)(H,57,63)/t42-,43-,44?,45-,46-/m0/s1. The van der Waals surface area contributed by atoms with Crippen LogP contribution in [0.15, 0.2) is 77.9 Å². The van der Waals surface area contributed by atoms with E-state index in [1.54, 1.807) is 0 Å². The number of imidazole rings is 1. The highest BCUT2D eigenvalue weighted by Crippen LogP contribution is 2.50. The van der Waals surface area contributed by atoms with Crippen molar-refractivity contribution < 1.29 is 28.7 Å². The molecule has 65 heavy (non-hydrogen) atoms. The summed E-state index contributed by atoms with van der Waals surface area (Å²) in [4.78, 5) is 69.4. The third kappa shape index (κ3) is 8.94. The highest BCUT2D eigenvalue weighted by molar-refractivity contribution is 6.02. The van der Waals surface area contributed by atoms with Crippen LogP contribution in [0.25, 0.3) is 28.1 Å². The van der Waals surface area contributed by atoms with Crippen LogP contribution >= 0.6 is 0 Å². The lowest BCUT2D eigenvalue weighted by molar-refractivity contribution is -0.135. The number of benzene rings is 3. The van der Waals surface area contributed by atoms with Crippen LogP contribution in [0.4, 0.5) is 9.59 Å². The van der Waals surface area contributed by atoms with Gasteiger partial charge in [-0.3, -0.25) is 14.6 Å². The van der Waals surface area contributed by atoms with Gasteiger partial charge in [0.2, 0.25) is 11.8 Å². The summed E-state index contributed by atoms with van der Waals surface area (Å²) < 4.78 is 9.66. The number of likely N-dealkylation sites (tertiary alicyclic amines) is 2. The van der Waals surface area contributed by atoms with E-state index in [4.69, 9.17) is 19.5 Å². The summed E-state index contributed by atoms with van der Waals surface area (Å²) in [6.07, 6.45) is 6.74. The number of amides is 4. The summed E-state index contributed by atoms with van der Waals surface area (Å²) in [6.45, 7) is 15.6. The van der Waals surface area contributed by atoms with Crippen LogP contribution in [-0.2, 0) is 24.5 Å². The Morgan fingerprint density at radius 2 is 1.28 bits per heavy atom. The van der Waals surface area contributed by atoms with Crippen molar-refractivity contribution >= 4 is 35.4 Å². The number of aromatic amines is 1. The van der Waals surface area contributed by atoms with E-state index < -0.39 is 24.3 Å². The van der Waals surface area contributed by atoms with Gasteiger partial charge in [-0.05, 0) is 94.0 Å². The van der Waals surface area contributed by atoms with Gasteiger partial charge >= 0.3 is 12.2 Å². The van der Waals surface area contributed by atoms with Crippen molar-refractivity contribution in [3.8, 4) is 22.4 Å². The molecule has 13 heteroatoms. The van der Waals surface area contributed by atoms with Crippen LogP contribution < -0.4 is 10.6 Å². The highest BCUT2D eigenvalue weighted by atomic mass is 16.5. The van der Waals surface area contributed by atoms with Gasteiger partial charge in [0, 0.05) is 36.7 Å². The largest absolute Gasteiger partial charge is 0.453 e. The second-order valence-corrected chi connectivity index (χ2v) is 19.6. The van der Waals surface area contributed by atoms with Crippen molar-refractivity contribution in [2.75, 3.05) is 27.3 Å². The molecule has 2 fully saturated rings. The normalized spacial score (nSPS) is 20.0. The third-order valence-electron chi connectivity index (χ3n) is 13.7. The van der Waals surface area contributed by atoms with Crippen molar-refractivity contribution in [2.45, 2.75) is 116 Å². The molecule has 3 aliphatic heterocycles. The fourth-order valence-corrected chi connectivity index (χ4v) is 10.1. The molecule has 3 N–H and O–H groups in total. The lowest BCUT2D eigenvalue weighted by atomic mass is 9.83. The average molecular weight is 882 g/mol. The third-order valence-corrected chi connectivity index (χ3v) is 13.7. The maximum atomic E-state index is 13.9. The fourth-order valence-electron chi connectivity index (χ4n) is 10.1. The first-order chi connectivity index (χ1) is 31.1. The van der Waals surface area contributed by atoms with E-state index in [1.165, 1.54) is 47.6 Å². The van der Waals surface area contributed by atoms with Crippen molar-refractivity contribution in [2.24, 2.45) is 16.8 Å². The van der Waals surface area contributed by atoms with E-state index in [0.29, 0.717) is 19.5 Å². The molecule has 1 unspecified atom stereocenters. The van der Waals surface area contributed by atoms with Gasteiger partial charge < -0.3 is 34.9 Å². The van der Waals surface area contributed by atoms with Gasteiger partial charge in [-0.25, -0.2) is 14.6 Å². The first kappa shape index (κ1) is 45.3. The molecule has 0 spiro atoms. The zero-order chi connectivity index (χ0) is 46.3. The summed E-state index contributed by atoms with van der Waals surface area (Å²) >= 11 is 0. The summed E-state index contributed by atoms with van der Waals surface area (Å²) in [7, 11) is 2.61. The molecule has 4 heterocycles. The van der Waals surface area contributed by atoms with Gasteiger partial charge in [0.15, 0.2) is 0 Å². The molecule has 8 rings (SSSR count). The van der Waals surface area contributed by atoms with Crippen LogP contribution in [0.5, 0.6) is 0 Å². The number of aromatic nitrogens is 2. The highest BCUT2D eigenvalue weighted by Gasteiger charge is 2.40. The van der Waals surface area contributed by atoms with Crippen LogP contribution in [0, 0.1) is 11.8 Å². The molecule has 0 saturated carbocycles. The molecule has 13 nitrogen and oxygen atoms in total. The van der Waals surface area contributed by atoms with E-state index in [-0.39, 0.29) is 47.1 Å². The lowest BCUT2D eigenvalue weighted by Crippen LogP contribution is -2.53. The Bertz CT molecular complexity index is 2530. The number of hydrogen-bond donors (Lipinski definition) is 3. The van der Waals surface area contributed by atoms with Gasteiger partial charge in [0.25, 0.3) is 0 Å². The maximum Gasteiger partial charge on any atom is 0.407 e. The molecule has 0 radical (unpaired) electrons. The van der Waals surface area contributed by atoms with Gasteiger partial charge in [-0.2, -0.15) is 0 Å². The average Bonchev–Trinajstić information content (AvgIpc) is 4.15. The number of nitrogens with one attached hydrogen (secondary N) is 3. The van der Waals surface area contributed by atoms with E-state index in [0.717, 1.165) is 59.7 Å². The number of ether oxygens (including phenoxy) is 2. The first-order valence-electron chi connectivity index (χ1n) is 23.1. The van der Waals surface area contributed by atoms with Crippen LogP contribution in [0.2, 0.25) is 0 Å². The predicted molar refractivity (Wildman–Crippen MR) is 252 cm³/mol. The van der Waals surface area contributed by atoms with Crippen LogP contribution in [0.3, 0.4) is 0 Å². The van der Waals surface area contributed by atoms with Gasteiger partial charge in [0.05, 0.1) is 43.9 Å². The minimum absolute atomic E-state index is 0.00742. The number of aliphatic imine (C=N–C) groups is 1. The molecule has 342 valence electrons. The van der Waals surface area contributed by atoms with E-state index >= 15 is 0 Å². The molecular formula is C52H63N7O6. The second kappa shape index (κ2) is 18.3. The monoisotopic (exact) mass is 881 g/mol. The number of nitrogens with zero attached hydrogens (tertiary/aromatic N) is 4. The molecule has 4 amide bonds. The molecule has 1 aliphatic carbocycles. The molecule has 1 aromatic heterocycles. The molecule has 5 atom stereocenters. The molecule has 4 aromatic rings. The molecular weight excluding hydrogens is 819 g/mol. The summed E-state index contributed by atoms with van der Waals surface area (Å²) in [5.41, 5.74) is 12.0. The van der Waals surface area contributed by atoms with Gasteiger partial charge in [-0.1, -0.05) is 103 Å². The molecule has 2 saturated heterocycles. The van der Waals surface area contributed by atoms with Gasteiger partial charge in [0.1, 0.15) is 17.9 Å². The molecule has 3 aromatic carbocycles. The van der Waals surface area contributed by atoms with Crippen molar-refractivity contribution in [1.29, 1.82) is 0 Å². The number of H-pyrrole nitrogens is 1. The Morgan fingerprint density at radius 3 is 1.83 bits per heavy atom. The molecule has 0 bridgehead atoms. The van der Waals surface area contributed by atoms with E-state index in [1.807, 2.05) is 43.7 Å². The lowest BCUT2D eigenvalue weighted by Gasteiger charge is -2.30. The van der Waals surface area contributed by atoms with Crippen molar-refractivity contribution in [3.05, 3.63) is 107 Å².